The molecule has 1 unspecified atom stereocenters. The van der Waals surface area contributed by atoms with Crippen LogP contribution in [0.15, 0.2) is 63.8 Å². The van der Waals surface area contributed by atoms with Gasteiger partial charge in [0.05, 0.1) is 5.39 Å². The van der Waals surface area contributed by atoms with Crippen LogP contribution in [0.2, 0.25) is 5.02 Å². The van der Waals surface area contributed by atoms with E-state index in [1.165, 1.54) is 12.1 Å². The summed E-state index contributed by atoms with van der Waals surface area (Å²) < 4.78 is 10.9. The predicted octanol–water partition coefficient (Wildman–Crippen LogP) is 3.62. The summed E-state index contributed by atoms with van der Waals surface area (Å²) in [5.41, 5.74) is 0.320. The quantitative estimate of drug-likeness (QED) is 0.664. The highest BCUT2D eigenvalue weighted by Crippen LogP contribution is 2.25. The van der Waals surface area contributed by atoms with Crippen molar-refractivity contribution in [1.82, 2.24) is 5.32 Å². The zero-order valence-corrected chi connectivity index (χ0v) is 15.4. The molecule has 4 rings (SSSR count). The second-order valence-electron chi connectivity index (χ2n) is 6.59. The van der Waals surface area contributed by atoms with E-state index in [4.69, 9.17) is 20.8 Å². The number of hydrogen-bond acceptors (Lipinski definition) is 5. The molecular formula is C21H16ClNO5. The lowest BCUT2D eigenvalue weighted by Gasteiger charge is -2.17. The van der Waals surface area contributed by atoms with E-state index in [-0.39, 0.29) is 22.8 Å². The summed E-state index contributed by atoms with van der Waals surface area (Å²) in [5.74, 6) is -1.58. The van der Waals surface area contributed by atoms with Gasteiger partial charge in [-0.25, -0.2) is 4.79 Å². The maximum atomic E-state index is 12.6. The van der Waals surface area contributed by atoms with Gasteiger partial charge in [-0.2, -0.15) is 0 Å². The summed E-state index contributed by atoms with van der Waals surface area (Å²) in [6.45, 7) is 0. The molecule has 2 aromatic carbocycles. The number of amides is 1. The van der Waals surface area contributed by atoms with Crippen molar-refractivity contribution in [2.45, 2.75) is 25.0 Å². The molecule has 28 heavy (non-hydrogen) atoms. The highest BCUT2D eigenvalue weighted by Gasteiger charge is 2.31. The summed E-state index contributed by atoms with van der Waals surface area (Å²) in [4.78, 5) is 37.5. The van der Waals surface area contributed by atoms with Crippen LogP contribution in [0.1, 0.15) is 35.1 Å². The summed E-state index contributed by atoms with van der Waals surface area (Å²) in [5, 5.41) is 3.48. The highest BCUT2D eigenvalue weighted by atomic mass is 35.5. The number of hydrogen-bond donors (Lipinski definition) is 1. The van der Waals surface area contributed by atoms with Gasteiger partial charge in [0.2, 0.25) is 11.9 Å². The molecule has 0 saturated heterocycles. The lowest BCUT2D eigenvalue weighted by atomic mass is 10.1. The number of esters is 1. The van der Waals surface area contributed by atoms with Crippen LogP contribution in [0, 0.1) is 0 Å². The maximum Gasteiger partial charge on any atom is 0.375 e. The van der Waals surface area contributed by atoms with Gasteiger partial charge in [-0.1, -0.05) is 41.9 Å². The molecule has 1 aromatic heterocycles. The Bertz CT molecular complexity index is 1100. The summed E-state index contributed by atoms with van der Waals surface area (Å²) in [6, 6.07) is 14.4. The monoisotopic (exact) mass is 397 g/mol. The molecule has 1 N–H and O–H groups in total. The van der Waals surface area contributed by atoms with E-state index in [2.05, 4.69) is 5.32 Å². The lowest BCUT2D eigenvalue weighted by Crippen LogP contribution is -2.33. The SMILES string of the molecule is O=C(OC(C(=O)NC1CC1)c1ccccc1)c1cc(=O)c2cc(Cl)ccc2o1. The van der Waals surface area contributed by atoms with Gasteiger partial charge in [-0.3, -0.25) is 9.59 Å². The first kappa shape index (κ1) is 18.3. The van der Waals surface area contributed by atoms with Crippen molar-refractivity contribution in [3.63, 3.8) is 0 Å². The van der Waals surface area contributed by atoms with Crippen LogP contribution in [-0.4, -0.2) is 17.9 Å². The van der Waals surface area contributed by atoms with Crippen LogP contribution in [-0.2, 0) is 9.53 Å². The molecule has 0 radical (unpaired) electrons. The van der Waals surface area contributed by atoms with Crippen LogP contribution >= 0.6 is 11.6 Å². The molecule has 0 spiro atoms. The summed E-state index contributed by atoms with van der Waals surface area (Å²) >= 11 is 5.89. The smallest absolute Gasteiger partial charge is 0.375 e. The van der Waals surface area contributed by atoms with Gasteiger partial charge in [0.25, 0.3) is 5.91 Å². The predicted molar refractivity (Wildman–Crippen MR) is 103 cm³/mol. The van der Waals surface area contributed by atoms with Crippen LogP contribution in [0.25, 0.3) is 11.0 Å². The lowest BCUT2D eigenvalue weighted by molar-refractivity contribution is -0.130. The molecule has 1 atom stereocenters. The Morgan fingerprint density at radius 3 is 2.57 bits per heavy atom. The number of carbonyl (C=O) groups excluding carboxylic acids is 2. The number of rotatable bonds is 5. The zero-order chi connectivity index (χ0) is 19.7. The molecule has 1 amide bonds. The third kappa shape index (κ3) is 3.92. The minimum absolute atomic E-state index is 0.112. The van der Waals surface area contributed by atoms with E-state index >= 15 is 0 Å². The van der Waals surface area contributed by atoms with Gasteiger partial charge in [-0.15, -0.1) is 0 Å². The molecule has 3 aromatic rings. The van der Waals surface area contributed by atoms with Gasteiger partial charge in [0.15, 0.2) is 5.43 Å². The molecule has 1 heterocycles. The third-order valence-corrected chi connectivity index (χ3v) is 4.61. The first-order chi connectivity index (χ1) is 13.5. The second-order valence-corrected chi connectivity index (χ2v) is 7.03. The Morgan fingerprint density at radius 2 is 1.86 bits per heavy atom. The average Bonchev–Trinajstić information content (AvgIpc) is 3.51. The second kappa shape index (κ2) is 7.48. The van der Waals surface area contributed by atoms with E-state index in [1.807, 2.05) is 0 Å². The fourth-order valence-corrected chi connectivity index (χ4v) is 2.97. The van der Waals surface area contributed by atoms with Crippen LogP contribution < -0.4 is 10.7 Å². The first-order valence-electron chi connectivity index (χ1n) is 8.81. The van der Waals surface area contributed by atoms with E-state index in [0.29, 0.717) is 10.6 Å². The molecule has 1 saturated carbocycles. The summed E-state index contributed by atoms with van der Waals surface area (Å²) in [7, 11) is 0. The van der Waals surface area contributed by atoms with Crippen molar-refractivity contribution >= 4 is 34.4 Å². The Hall–Kier alpha value is -3.12. The van der Waals surface area contributed by atoms with E-state index in [9.17, 15) is 14.4 Å². The molecule has 6 nitrogen and oxygen atoms in total. The van der Waals surface area contributed by atoms with Crippen molar-refractivity contribution in [2.75, 3.05) is 0 Å². The van der Waals surface area contributed by atoms with E-state index in [0.717, 1.165) is 18.9 Å². The van der Waals surface area contributed by atoms with Gasteiger partial charge < -0.3 is 14.5 Å². The fourth-order valence-electron chi connectivity index (χ4n) is 2.80. The fraction of sp³-hybridized carbons (Fsp3) is 0.190. The van der Waals surface area contributed by atoms with Crippen molar-refractivity contribution in [3.05, 3.63) is 81.2 Å². The largest absolute Gasteiger partial charge is 0.449 e. The molecule has 1 fully saturated rings. The molecule has 0 aliphatic heterocycles. The summed E-state index contributed by atoms with van der Waals surface area (Å²) in [6.07, 6.45) is 0.674. The number of nitrogens with one attached hydrogen (secondary N) is 1. The minimum Gasteiger partial charge on any atom is -0.449 e. The van der Waals surface area contributed by atoms with Gasteiger partial charge >= 0.3 is 5.97 Å². The molecule has 1 aliphatic carbocycles. The Labute approximate surface area is 165 Å². The standard InChI is InChI=1S/C21H16ClNO5/c22-13-6-9-17-15(10-13)16(24)11-18(27-17)21(26)28-19(12-4-2-1-3-5-12)20(25)23-14-7-8-14/h1-6,9-11,14,19H,7-8H2,(H,23,25). The Morgan fingerprint density at radius 1 is 1.11 bits per heavy atom. The number of fused-ring (bicyclic) bond motifs is 1. The molecule has 7 heteroatoms. The average molecular weight is 398 g/mol. The minimum atomic E-state index is -1.14. The maximum absolute atomic E-state index is 12.6. The van der Waals surface area contributed by atoms with Crippen molar-refractivity contribution in [2.24, 2.45) is 0 Å². The highest BCUT2D eigenvalue weighted by molar-refractivity contribution is 6.31. The van der Waals surface area contributed by atoms with Crippen LogP contribution in [0.3, 0.4) is 0 Å². The Balaban J connectivity index is 1.63. The van der Waals surface area contributed by atoms with Crippen molar-refractivity contribution in [1.29, 1.82) is 0 Å². The number of carbonyl (C=O) groups is 2. The molecular weight excluding hydrogens is 382 g/mol. The van der Waals surface area contributed by atoms with Gasteiger partial charge in [0.1, 0.15) is 5.58 Å². The number of ether oxygens (including phenoxy) is 1. The van der Waals surface area contributed by atoms with Gasteiger partial charge in [0, 0.05) is 22.7 Å². The van der Waals surface area contributed by atoms with Crippen LogP contribution in [0.5, 0.6) is 0 Å². The van der Waals surface area contributed by atoms with Crippen molar-refractivity contribution in [3.8, 4) is 0 Å². The number of benzene rings is 2. The topological polar surface area (TPSA) is 85.6 Å². The Kier molecular flexibility index (Phi) is 4.88. The third-order valence-electron chi connectivity index (χ3n) is 4.38. The van der Waals surface area contributed by atoms with Crippen molar-refractivity contribution < 1.29 is 18.7 Å². The molecule has 1 aliphatic rings. The first-order valence-corrected chi connectivity index (χ1v) is 9.19. The van der Waals surface area contributed by atoms with Crippen LogP contribution in [0.4, 0.5) is 0 Å². The van der Waals surface area contributed by atoms with Gasteiger partial charge in [-0.05, 0) is 31.0 Å². The normalized spacial score (nSPS) is 14.5. The molecule has 0 bridgehead atoms. The zero-order valence-electron chi connectivity index (χ0n) is 14.7. The molecule has 142 valence electrons. The van der Waals surface area contributed by atoms with E-state index < -0.39 is 23.4 Å². The number of halogens is 1. The van der Waals surface area contributed by atoms with E-state index in [1.54, 1.807) is 36.4 Å².